The molecule has 3 nitrogen and oxygen atoms in total. The predicted octanol–water partition coefficient (Wildman–Crippen LogP) is 3.65. The van der Waals surface area contributed by atoms with Crippen LogP contribution in [0.3, 0.4) is 0 Å². The highest BCUT2D eigenvalue weighted by Crippen LogP contribution is 2.30. The van der Waals surface area contributed by atoms with Crippen LogP contribution in [0.4, 0.5) is 0 Å². The monoisotopic (exact) mass is 393 g/mol. The number of halogens is 2. The SMILES string of the molecule is O=C1c2cc(CBr)c(CBr)cc2C(=O)c2ncccc21. The number of hydrogen-bond acceptors (Lipinski definition) is 3. The highest BCUT2D eigenvalue weighted by molar-refractivity contribution is 9.09. The average molecular weight is 395 g/mol. The van der Waals surface area contributed by atoms with Crippen molar-refractivity contribution in [1.29, 1.82) is 0 Å². The zero-order chi connectivity index (χ0) is 14.3. The van der Waals surface area contributed by atoms with Gasteiger partial charge in [-0.3, -0.25) is 14.6 Å². The second kappa shape index (κ2) is 5.22. The van der Waals surface area contributed by atoms with E-state index in [1.54, 1.807) is 24.3 Å². The summed E-state index contributed by atoms with van der Waals surface area (Å²) in [6.07, 6.45) is 1.53. The fraction of sp³-hybridized carbons (Fsp3) is 0.133. The predicted molar refractivity (Wildman–Crippen MR) is 82.8 cm³/mol. The van der Waals surface area contributed by atoms with Gasteiger partial charge in [-0.15, -0.1) is 0 Å². The van der Waals surface area contributed by atoms with E-state index in [4.69, 9.17) is 0 Å². The second-order valence-corrected chi connectivity index (χ2v) is 5.61. The zero-order valence-electron chi connectivity index (χ0n) is 10.3. The van der Waals surface area contributed by atoms with E-state index in [1.807, 2.05) is 0 Å². The maximum atomic E-state index is 12.5. The van der Waals surface area contributed by atoms with Crippen LogP contribution in [-0.4, -0.2) is 16.6 Å². The van der Waals surface area contributed by atoms with Crippen LogP contribution < -0.4 is 0 Å². The van der Waals surface area contributed by atoms with Gasteiger partial charge >= 0.3 is 0 Å². The van der Waals surface area contributed by atoms with Crippen LogP contribution in [0.5, 0.6) is 0 Å². The number of fused-ring (bicyclic) bond motifs is 2. The smallest absolute Gasteiger partial charge is 0.212 e. The van der Waals surface area contributed by atoms with E-state index in [-0.39, 0.29) is 17.3 Å². The molecule has 2 aromatic rings. The first-order chi connectivity index (χ1) is 9.67. The molecule has 0 atom stereocenters. The molecule has 5 heteroatoms. The average Bonchev–Trinajstić information content (AvgIpc) is 2.51. The number of pyridine rings is 1. The Morgan fingerprint density at radius 1 is 0.900 bits per heavy atom. The number of carbonyl (C=O) groups excluding carboxylic acids is 2. The molecule has 20 heavy (non-hydrogen) atoms. The molecule has 100 valence electrons. The van der Waals surface area contributed by atoms with Gasteiger partial charge in [-0.1, -0.05) is 31.9 Å². The minimum atomic E-state index is -0.182. The number of benzene rings is 1. The van der Waals surface area contributed by atoms with Gasteiger partial charge in [-0.05, 0) is 35.4 Å². The van der Waals surface area contributed by atoms with E-state index < -0.39 is 0 Å². The van der Waals surface area contributed by atoms with Gasteiger partial charge in [0.25, 0.3) is 0 Å². The second-order valence-electron chi connectivity index (χ2n) is 4.49. The molecule has 1 aliphatic carbocycles. The van der Waals surface area contributed by atoms with Crippen molar-refractivity contribution in [1.82, 2.24) is 4.98 Å². The zero-order valence-corrected chi connectivity index (χ0v) is 13.5. The summed E-state index contributed by atoms with van der Waals surface area (Å²) in [5, 5.41) is 1.28. The lowest BCUT2D eigenvalue weighted by Gasteiger charge is -2.18. The first-order valence-corrected chi connectivity index (χ1v) is 8.23. The molecule has 0 radical (unpaired) electrons. The van der Waals surface area contributed by atoms with Crippen LogP contribution in [0.2, 0.25) is 0 Å². The Morgan fingerprint density at radius 3 is 2.10 bits per heavy atom. The van der Waals surface area contributed by atoms with Gasteiger partial charge in [0.05, 0.1) is 5.56 Å². The van der Waals surface area contributed by atoms with Crippen LogP contribution in [0.1, 0.15) is 43.1 Å². The molecule has 0 aliphatic heterocycles. The van der Waals surface area contributed by atoms with Gasteiger partial charge < -0.3 is 0 Å². The van der Waals surface area contributed by atoms with E-state index in [1.165, 1.54) is 6.20 Å². The van der Waals surface area contributed by atoms with Crippen molar-refractivity contribution >= 4 is 43.4 Å². The van der Waals surface area contributed by atoms with E-state index in [0.717, 1.165) is 11.1 Å². The molecular formula is C15H9Br2NO2. The number of hydrogen-bond donors (Lipinski definition) is 0. The molecule has 0 saturated heterocycles. The highest BCUT2D eigenvalue weighted by Gasteiger charge is 2.31. The lowest BCUT2D eigenvalue weighted by Crippen LogP contribution is -2.22. The third-order valence-electron chi connectivity index (χ3n) is 3.38. The third kappa shape index (κ3) is 1.96. The van der Waals surface area contributed by atoms with Gasteiger partial charge in [0.1, 0.15) is 5.69 Å². The molecule has 1 heterocycles. The van der Waals surface area contributed by atoms with Crippen molar-refractivity contribution in [3.63, 3.8) is 0 Å². The minimum absolute atomic E-state index is 0.133. The molecule has 0 amide bonds. The molecule has 1 aliphatic rings. The van der Waals surface area contributed by atoms with E-state index in [0.29, 0.717) is 27.4 Å². The van der Waals surface area contributed by atoms with Crippen molar-refractivity contribution < 1.29 is 9.59 Å². The summed E-state index contributed by atoms with van der Waals surface area (Å²) in [4.78, 5) is 29.0. The summed E-state index contributed by atoms with van der Waals surface area (Å²) in [6.45, 7) is 0. The Hall–Kier alpha value is -1.33. The molecule has 0 unspecified atom stereocenters. The number of rotatable bonds is 2. The number of nitrogens with zero attached hydrogens (tertiary/aromatic N) is 1. The van der Waals surface area contributed by atoms with Gasteiger partial charge in [-0.25, -0.2) is 0 Å². The Labute approximate surface area is 132 Å². The van der Waals surface area contributed by atoms with Gasteiger partial charge in [0.2, 0.25) is 5.78 Å². The molecule has 1 aromatic heterocycles. The number of carbonyl (C=O) groups is 2. The standard InChI is InChI=1S/C15H9Br2NO2/c16-6-8-4-11-12(5-9(8)7-17)15(20)13-10(14(11)19)2-1-3-18-13/h1-5H,6-7H2. The summed E-state index contributed by atoms with van der Waals surface area (Å²) < 4.78 is 0. The molecule has 0 saturated carbocycles. The summed E-state index contributed by atoms with van der Waals surface area (Å²) in [5.74, 6) is -0.315. The van der Waals surface area contributed by atoms with Crippen LogP contribution in [0.15, 0.2) is 30.5 Å². The van der Waals surface area contributed by atoms with E-state index >= 15 is 0 Å². The van der Waals surface area contributed by atoms with Crippen LogP contribution >= 0.6 is 31.9 Å². The third-order valence-corrected chi connectivity index (χ3v) is 4.59. The Kier molecular flexibility index (Phi) is 3.56. The largest absolute Gasteiger partial charge is 0.288 e. The maximum absolute atomic E-state index is 12.5. The van der Waals surface area contributed by atoms with Gasteiger partial charge in [-0.2, -0.15) is 0 Å². The normalized spacial score (nSPS) is 13.1. The number of alkyl halides is 2. The van der Waals surface area contributed by atoms with Gasteiger partial charge in [0, 0.05) is 28.0 Å². The molecule has 0 spiro atoms. The Bertz CT molecular complexity index is 679. The van der Waals surface area contributed by atoms with Crippen LogP contribution in [-0.2, 0) is 10.7 Å². The summed E-state index contributed by atoms with van der Waals surface area (Å²) >= 11 is 6.83. The molecular weight excluding hydrogens is 386 g/mol. The Balaban J connectivity index is 2.28. The first kappa shape index (κ1) is 13.6. The van der Waals surface area contributed by atoms with Crippen molar-refractivity contribution in [2.75, 3.05) is 0 Å². The summed E-state index contributed by atoms with van der Waals surface area (Å²) in [5.41, 5.74) is 3.56. The fourth-order valence-electron chi connectivity index (χ4n) is 2.36. The first-order valence-electron chi connectivity index (χ1n) is 5.99. The van der Waals surface area contributed by atoms with Crippen molar-refractivity contribution in [2.24, 2.45) is 0 Å². The summed E-state index contributed by atoms with van der Waals surface area (Å²) in [7, 11) is 0. The van der Waals surface area contributed by atoms with Crippen LogP contribution in [0, 0.1) is 0 Å². The van der Waals surface area contributed by atoms with Crippen molar-refractivity contribution in [3.8, 4) is 0 Å². The lowest BCUT2D eigenvalue weighted by molar-refractivity contribution is 0.0975. The van der Waals surface area contributed by atoms with Crippen molar-refractivity contribution in [2.45, 2.75) is 10.7 Å². The quantitative estimate of drug-likeness (QED) is 0.623. The molecule has 3 rings (SSSR count). The van der Waals surface area contributed by atoms with Gasteiger partial charge in [0.15, 0.2) is 5.78 Å². The Morgan fingerprint density at radius 2 is 1.50 bits per heavy atom. The maximum Gasteiger partial charge on any atom is 0.212 e. The minimum Gasteiger partial charge on any atom is -0.288 e. The van der Waals surface area contributed by atoms with Crippen molar-refractivity contribution in [3.05, 3.63) is 64.0 Å². The topological polar surface area (TPSA) is 47.0 Å². The fourth-order valence-corrected chi connectivity index (χ4v) is 3.40. The number of ketones is 2. The lowest BCUT2D eigenvalue weighted by atomic mass is 9.85. The molecule has 0 fully saturated rings. The highest BCUT2D eigenvalue weighted by atomic mass is 79.9. The molecule has 0 N–H and O–H groups in total. The molecule has 1 aromatic carbocycles. The van der Waals surface area contributed by atoms with E-state index in [2.05, 4.69) is 36.8 Å². The number of aromatic nitrogens is 1. The molecule has 0 bridgehead atoms. The summed E-state index contributed by atoms with van der Waals surface area (Å²) in [6, 6.07) is 6.92. The van der Waals surface area contributed by atoms with Crippen LogP contribution in [0.25, 0.3) is 0 Å². The van der Waals surface area contributed by atoms with E-state index in [9.17, 15) is 9.59 Å².